The van der Waals surface area contributed by atoms with Crippen LogP contribution in [-0.2, 0) is 20.3 Å². The molecule has 0 bridgehead atoms. The van der Waals surface area contributed by atoms with Crippen molar-refractivity contribution in [3.63, 3.8) is 0 Å². The second-order valence-corrected chi connectivity index (χ2v) is 16.9. The van der Waals surface area contributed by atoms with Gasteiger partial charge in [-0.3, -0.25) is 0 Å². The van der Waals surface area contributed by atoms with Crippen LogP contribution in [0.15, 0.2) is 97.1 Å². The molecule has 1 N–H and O–H groups in total. The number of hydrogen-bond acceptors (Lipinski definition) is 7. The van der Waals surface area contributed by atoms with Crippen LogP contribution in [0.5, 0.6) is 23.0 Å². The Bertz CT molecular complexity index is 1800. The molecule has 0 radical (unpaired) electrons. The molecule has 4 atom stereocenters. The molecule has 0 spiro atoms. The van der Waals surface area contributed by atoms with E-state index in [1.165, 1.54) is 22.3 Å². The molecule has 4 unspecified atom stereocenters. The minimum Gasteiger partial charge on any atom is -0.491 e. The van der Waals surface area contributed by atoms with E-state index in [0.717, 1.165) is 68.3 Å². The predicted octanol–water partition coefficient (Wildman–Crippen LogP) is 10.6. The highest BCUT2D eigenvalue weighted by atomic mass is 16.6. The molecule has 0 aromatic heterocycles. The highest BCUT2D eigenvalue weighted by Crippen LogP contribution is 2.39. The van der Waals surface area contributed by atoms with Gasteiger partial charge in [0.1, 0.15) is 59.6 Å². The summed E-state index contributed by atoms with van der Waals surface area (Å²) in [6.07, 6.45) is 4.69. The van der Waals surface area contributed by atoms with Gasteiger partial charge >= 0.3 is 0 Å². The van der Waals surface area contributed by atoms with Crippen LogP contribution in [0.25, 0.3) is 0 Å². The lowest BCUT2D eigenvalue weighted by atomic mass is 9.78. The van der Waals surface area contributed by atoms with Crippen LogP contribution in [0.1, 0.15) is 116 Å². The van der Waals surface area contributed by atoms with Gasteiger partial charge in [-0.15, -0.1) is 0 Å². The predicted molar refractivity (Wildman–Crippen MR) is 224 cm³/mol. The smallest absolute Gasteiger partial charge is 0.137 e. The second kappa shape index (κ2) is 17.6. The number of epoxide rings is 2. The third-order valence-electron chi connectivity index (χ3n) is 12.3. The fourth-order valence-electron chi connectivity index (χ4n) is 7.92. The van der Waals surface area contributed by atoms with Gasteiger partial charge in [0.05, 0.1) is 19.3 Å². The fourth-order valence-corrected chi connectivity index (χ4v) is 7.92. The number of aliphatic hydroxyl groups is 1. The molecule has 0 amide bonds. The Morgan fingerprint density at radius 3 is 1.41 bits per heavy atom. The Hall–Kier alpha value is -4.04. The third-order valence-corrected chi connectivity index (χ3v) is 12.3. The molecule has 2 heterocycles. The van der Waals surface area contributed by atoms with Crippen molar-refractivity contribution in [2.45, 2.75) is 134 Å². The lowest BCUT2D eigenvalue weighted by Crippen LogP contribution is -2.41. The van der Waals surface area contributed by atoms with Gasteiger partial charge in [0, 0.05) is 17.3 Å². The minimum absolute atomic E-state index is 0.184. The first-order valence-corrected chi connectivity index (χ1v) is 20.8. The van der Waals surface area contributed by atoms with E-state index in [0.29, 0.717) is 13.0 Å². The van der Waals surface area contributed by atoms with Crippen molar-refractivity contribution >= 4 is 0 Å². The van der Waals surface area contributed by atoms with Gasteiger partial charge in [-0.05, 0) is 96.5 Å². The number of benzene rings is 4. The van der Waals surface area contributed by atoms with E-state index < -0.39 is 11.7 Å². The van der Waals surface area contributed by atoms with Crippen molar-refractivity contribution in [3.8, 4) is 23.0 Å². The summed E-state index contributed by atoms with van der Waals surface area (Å²) in [5.41, 5.74) is 3.60. The van der Waals surface area contributed by atoms with Crippen LogP contribution in [-0.4, -0.2) is 61.0 Å². The van der Waals surface area contributed by atoms with Crippen LogP contribution >= 0.6 is 0 Å². The zero-order valence-corrected chi connectivity index (χ0v) is 34.9. The summed E-state index contributed by atoms with van der Waals surface area (Å²) in [7, 11) is 0. The summed E-state index contributed by atoms with van der Waals surface area (Å²) in [6.45, 7) is 19.9. The van der Waals surface area contributed by atoms with E-state index in [1.807, 2.05) is 36.4 Å². The summed E-state index contributed by atoms with van der Waals surface area (Å²) in [5.74, 6) is 3.28. The number of hydrogen-bond donors (Lipinski definition) is 1. The van der Waals surface area contributed by atoms with Crippen molar-refractivity contribution < 1.29 is 33.5 Å². The molecule has 56 heavy (non-hydrogen) atoms. The maximum Gasteiger partial charge on any atom is 0.137 e. The quantitative estimate of drug-likeness (QED) is 0.0798. The van der Waals surface area contributed by atoms with Crippen molar-refractivity contribution in [2.24, 2.45) is 0 Å². The second-order valence-electron chi connectivity index (χ2n) is 16.9. The largest absolute Gasteiger partial charge is 0.491 e. The van der Waals surface area contributed by atoms with Crippen LogP contribution < -0.4 is 18.9 Å². The van der Waals surface area contributed by atoms with Crippen LogP contribution in [0, 0.1) is 0 Å². The molecule has 302 valence electrons. The van der Waals surface area contributed by atoms with Crippen molar-refractivity contribution in [1.29, 1.82) is 0 Å². The number of aliphatic hydroxyl groups excluding tert-OH is 1. The molecule has 2 saturated heterocycles. The van der Waals surface area contributed by atoms with Gasteiger partial charge in [-0.1, -0.05) is 110 Å². The fraction of sp³-hybridized carbons (Fsp3) is 0.510. The van der Waals surface area contributed by atoms with Crippen molar-refractivity contribution in [3.05, 3.63) is 119 Å². The zero-order chi connectivity index (χ0) is 40.0. The molecule has 2 aliphatic rings. The molecule has 0 saturated carbocycles. The summed E-state index contributed by atoms with van der Waals surface area (Å²) >= 11 is 0. The first-order chi connectivity index (χ1) is 26.8. The van der Waals surface area contributed by atoms with E-state index in [2.05, 4.69) is 116 Å². The van der Waals surface area contributed by atoms with Gasteiger partial charge in [0.25, 0.3) is 0 Å². The molecule has 4 aromatic rings. The minimum atomic E-state index is -0.691. The Kier molecular flexibility index (Phi) is 13.1. The number of rotatable bonds is 22. The van der Waals surface area contributed by atoms with Crippen molar-refractivity contribution in [1.82, 2.24) is 0 Å². The van der Waals surface area contributed by atoms with Crippen LogP contribution in [0.4, 0.5) is 0 Å². The average Bonchev–Trinajstić information content (AvgIpc) is 4.15. The topological polar surface area (TPSA) is 82.2 Å². The van der Waals surface area contributed by atoms with Gasteiger partial charge in [-0.25, -0.2) is 0 Å². The van der Waals surface area contributed by atoms with E-state index in [9.17, 15) is 5.11 Å². The molecule has 2 aliphatic heterocycles. The van der Waals surface area contributed by atoms with Crippen molar-refractivity contribution in [2.75, 3.05) is 26.4 Å². The van der Waals surface area contributed by atoms with Crippen LogP contribution in [0.3, 0.4) is 0 Å². The Balaban J connectivity index is 1.01. The molecule has 4 aromatic carbocycles. The third kappa shape index (κ3) is 9.90. The standard InChI is InChI=1S/C49H64O7/c1-9-29-49(12-4,45-34-54-45)56-43-27-19-38(20-28-43)47(7,8)35-13-21-40(22-14-35)51-31-39(50)30-48(10-2,11-3)55-42-25-17-37(18-26-42)46(5,6)36-15-23-41(24-16-36)52-32-44-33-53-44/h13-28,39,44-45,50H,9-12,29-34H2,1-8H3. The monoisotopic (exact) mass is 764 g/mol. The Morgan fingerprint density at radius 2 is 1.02 bits per heavy atom. The highest BCUT2D eigenvalue weighted by Gasteiger charge is 2.47. The van der Waals surface area contributed by atoms with E-state index >= 15 is 0 Å². The first kappa shape index (κ1) is 41.6. The normalized spacial score (nSPS) is 18.4. The van der Waals surface area contributed by atoms with Gasteiger partial charge in [0.15, 0.2) is 0 Å². The molecule has 0 aliphatic carbocycles. The Labute approximate surface area is 335 Å². The molecule has 7 nitrogen and oxygen atoms in total. The lowest BCUT2D eigenvalue weighted by Gasteiger charge is -2.35. The summed E-state index contributed by atoms with van der Waals surface area (Å²) in [4.78, 5) is 0. The molecule has 6 rings (SSSR count). The lowest BCUT2D eigenvalue weighted by molar-refractivity contribution is -0.00986. The number of ether oxygens (including phenoxy) is 6. The molecule has 7 heteroatoms. The highest BCUT2D eigenvalue weighted by molar-refractivity contribution is 5.43. The zero-order valence-electron chi connectivity index (χ0n) is 34.9. The van der Waals surface area contributed by atoms with E-state index in [4.69, 9.17) is 28.4 Å². The molecular weight excluding hydrogens is 701 g/mol. The van der Waals surface area contributed by atoms with Gasteiger partial charge in [0.2, 0.25) is 0 Å². The SMILES string of the molecule is CCCC(CC)(Oc1ccc(C(C)(C)c2ccc(OCC(O)CC(CC)(CC)Oc3ccc(C(C)(C)c4ccc(OCC5CO5)cc4)cc3)cc2)cc1)C1CO1. The first-order valence-electron chi connectivity index (χ1n) is 20.8. The average molecular weight is 765 g/mol. The summed E-state index contributed by atoms with van der Waals surface area (Å²) < 4.78 is 36.2. The maximum atomic E-state index is 11.2. The molecular formula is C49H64O7. The Morgan fingerprint density at radius 1 is 0.589 bits per heavy atom. The van der Waals surface area contributed by atoms with Gasteiger partial charge < -0.3 is 33.5 Å². The van der Waals surface area contributed by atoms with E-state index in [-0.39, 0.29) is 35.2 Å². The van der Waals surface area contributed by atoms with Crippen LogP contribution in [0.2, 0.25) is 0 Å². The summed E-state index contributed by atoms with van der Waals surface area (Å²) in [6, 6.07) is 33.5. The summed E-state index contributed by atoms with van der Waals surface area (Å²) in [5, 5.41) is 11.2. The molecule has 2 fully saturated rings. The maximum absolute atomic E-state index is 11.2. The van der Waals surface area contributed by atoms with E-state index in [1.54, 1.807) is 0 Å². The van der Waals surface area contributed by atoms with Gasteiger partial charge in [-0.2, -0.15) is 0 Å².